The van der Waals surface area contributed by atoms with Gasteiger partial charge in [0.15, 0.2) is 0 Å². The Kier molecular flexibility index (Phi) is 5.09. The van der Waals surface area contributed by atoms with Gasteiger partial charge in [-0.2, -0.15) is 10.2 Å². The SMILES string of the molecule is c1ccc(NN=C2CCCCC23CC2CCCCC2=NN3c2ccccc2)cc1. The van der Waals surface area contributed by atoms with Crippen LogP contribution in [0.1, 0.15) is 57.8 Å². The predicted molar refractivity (Wildman–Crippen MR) is 122 cm³/mol. The Labute approximate surface area is 173 Å². The van der Waals surface area contributed by atoms with Crippen LogP contribution >= 0.6 is 0 Å². The van der Waals surface area contributed by atoms with Crippen molar-refractivity contribution in [1.29, 1.82) is 0 Å². The third-order valence-corrected chi connectivity index (χ3v) is 6.81. The summed E-state index contributed by atoms with van der Waals surface area (Å²) >= 11 is 0. The molecule has 4 nitrogen and oxygen atoms in total. The number of para-hydroxylation sites is 2. The molecule has 0 radical (unpaired) electrons. The summed E-state index contributed by atoms with van der Waals surface area (Å²) in [5, 5.41) is 12.6. The third kappa shape index (κ3) is 3.57. The lowest BCUT2D eigenvalue weighted by Crippen LogP contribution is -2.59. The first-order chi connectivity index (χ1) is 14.4. The Morgan fingerprint density at radius 3 is 2.48 bits per heavy atom. The number of hydrazone groups is 2. The van der Waals surface area contributed by atoms with Crippen LogP contribution < -0.4 is 10.4 Å². The molecule has 0 amide bonds. The topological polar surface area (TPSA) is 40.0 Å². The van der Waals surface area contributed by atoms with Crippen LogP contribution in [0.2, 0.25) is 0 Å². The molecule has 5 rings (SSSR count). The molecule has 2 aromatic rings. The largest absolute Gasteiger partial charge is 0.278 e. The average molecular weight is 387 g/mol. The molecule has 0 bridgehead atoms. The maximum Gasteiger partial charge on any atom is 0.104 e. The molecule has 2 saturated carbocycles. The summed E-state index contributed by atoms with van der Waals surface area (Å²) in [6.45, 7) is 0. The van der Waals surface area contributed by atoms with Crippen LogP contribution in [0.4, 0.5) is 11.4 Å². The van der Waals surface area contributed by atoms with Crippen LogP contribution in [0.15, 0.2) is 70.9 Å². The van der Waals surface area contributed by atoms with Crippen LogP contribution in [0.3, 0.4) is 0 Å². The monoisotopic (exact) mass is 386 g/mol. The lowest BCUT2D eigenvalue weighted by atomic mass is 9.69. The maximum absolute atomic E-state index is 5.30. The molecule has 1 N–H and O–H groups in total. The van der Waals surface area contributed by atoms with Crippen molar-refractivity contribution in [2.75, 3.05) is 10.4 Å². The van der Waals surface area contributed by atoms with Gasteiger partial charge in [0.05, 0.1) is 17.1 Å². The Morgan fingerprint density at radius 2 is 1.66 bits per heavy atom. The highest BCUT2D eigenvalue weighted by atomic mass is 15.5. The van der Waals surface area contributed by atoms with Crippen molar-refractivity contribution in [3.63, 3.8) is 0 Å². The molecule has 2 atom stereocenters. The number of hydrogen-bond donors (Lipinski definition) is 1. The fourth-order valence-electron chi connectivity index (χ4n) is 5.35. The third-order valence-electron chi connectivity index (χ3n) is 6.81. The smallest absolute Gasteiger partial charge is 0.104 e. The van der Waals surface area contributed by atoms with Crippen molar-refractivity contribution in [2.45, 2.75) is 63.3 Å². The lowest BCUT2D eigenvalue weighted by Gasteiger charge is -2.51. The first kappa shape index (κ1) is 18.4. The van der Waals surface area contributed by atoms with E-state index in [1.54, 1.807) is 0 Å². The van der Waals surface area contributed by atoms with Gasteiger partial charge in [0, 0.05) is 11.6 Å². The molecule has 1 spiro atoms. The fourth-order valence-corrected chi connectivity index (χ4v) is 5.35. The molecule has 2 unspecified atom stereocenters. The fraction of sp³-hybridized carbons (Fsp3) is 0.440. The van der Waals surface area contributed by atoms with E-state index in [-0.39, 0.29) is 5.54 Å². The van der Waals surface area contributed by atoms with Gasteiger partial charge in [-0.1, -0.05) is 49.2 Å². The highest BCUT2D eigenvalue weighted by Crippen LogP contribution is 2.45. The normalized spacial score (nSPS) is 28.1. The number of rotatable bonds is 3. The lowest BCUT2D eigenvalue weighted by molar-refractivity contribution is 0.323. The minimum absolute atomic E-state index is 0.104. The van der Waals surface area contributed by atoms with E-state index < -0.39 is 0 Å². The molecule has 2 aliphatic carbocycles. The van der Waals surface area contributed by atoms with E-state index in [0.29, 0.717) is 5.92 Å². The Morgan fingerprint density at radius 1 is 0.897 bits per heavy atom. The quantitative estimate of drug-likeness (QED) is 0.636. The molecular weight excluding hydrogens is 356 g/mol. The van der Waals surface area contributed by atoms with E-state index in [9.17, 15) is 0 Å². The van der Waals surface area contributed by atoms with E-state index in [4.69, 9.17) is 10.2 Å². The van der Waals surface area contributed by atoms with Crippen molar-refractivity contribution in [3.05, 3.63) is 60.7 Å². The number of hydrogen-bond acceptors (Lipinski definition) is 4. The van der Waals surface area contributed by atoms with Gasteiger partial charge in [0.1, 0.15) is 5.54 Å². The second kappa shape index (κ2) is 8.02. The van der Waals surface area contributed by atoms with E-state index in [1.807, 2.05) is 6.07 Å². The highest BCUT2D eigenvalue weighted by molar-refractivity contribution is 6.01. The van der Waals surface area contributed by atoms with E-state index in [1.165, 1.54) is 49.2 Å². The Balaban J connectivity index is 1.56. The zero-order valence-electron chi connectivity index (χ0n) is 17.1. The predicted octanol–water partition coefficient (Wildman–Crippen LogP) is 6.22. The van der Waals surface area contributed by atoms with Gasteiger partial charge in [-0.3, -0.25) is 10.4 Å². The van der Waals surface area contributed by atoms with Crippen LogP contribution in [0.5, 0.6) is 0 Å². The van der Waals surface area contributed by atoms with E-state index in [0.717, 1.165) is 31.4 Å². The van der Waals surface area contributed by atoms with Crippen LogP contribution in [0, 0.1) is 5.92 Å². The molecule has 2 fully saturated rings. The summed E-state index contributed by atoms with van der Waals surface area (Å²) < 4.78 is 0. The van der Waals surface area contributed by atoms with Gasteiger partial charge in [0.25, 0.3) is 0 Å². The molecule has 29 heavy (non-hydrogen) atoms. The van der Waals surface area contributed by atoms with Crippen LogP contribution in [-0.2, 0) is 0 Å². The summed E-state index contributed by atoms with van der Waals surface area (Å²) in [5.41, 5.74) is 8.15. The summed E-state index contributed by atoms with van der Waals surface area (Å²) in [7, 11) is 0. The molecule has 150 valence electrons. The van der Waals surface area contributed by atoms with Crippen molar-refractivity contribution < 1.29 is 0 Å². The summed E-state index contributed by atoms with van der Waals surface area (Å²) in [6, 6.07) is 21.0. The van der Waals surface area contributed by atoms with Crippen molar-refractivity contribution in [2.24, 2.45) is 16.1 Å². The van der Waals surface area contributed by atoms with E-state index in [2.05, 4.69) is 65.0 Å². The molecule has 4 heteroatoms. The molecule has 0 aromatic heterocycles. The number of anilines is 2. The van der Waals surface area contributed by atoms with Crippen LogP contribution in [-0.4, -0.2) is 17.0 Å². The van der Waals surface area contributed by atoms with Crippen molar-refractivity contribution in [1.82, 2.24) is 0 Å². The number of benzene rings is 2. The van der Waals surface area contributed by atoms with Gasteiger partial charge < -0.3 is 0 Å². The second-order valence-electron chi connectivity index (χ2n) is 8.66. The average Bonchev–Trinajstić information content (AvgIpc) is 2.79. The standard InChI is InChI=1S/C25H30N4/c1-3-12-21(13-4-1)26-27-24-17-9-10-18-25(24)19-20-11-7-8-16-23(20)28-29(25)22-14-5-2-6-15-22/h1-6,12-15,20,26H,7-11,16-19H2. The summed E-state index contributed by atoms with van der Waals surface area (Å²) in [4.78, 5) is 0. The number of nitrogens with one attached hydrogen (secondary N) is 1. The first-order valence-corrected chi connectivity index (χ1v) is 11.2. The molecule has 1 heterocycles. The van der Waals surface area contributed by atoms with Gasteiger partial charge in [0.2, 0.25) is 0 Å². The molecule has 1 aliphatic heterocycles. The van der Waals surface area contributed by atoms with Gasteiger partial charge >= 0.3 is 0 Å². The summed E-state index contributed by atoms with van der Waals surface area (Å²) in [5.74, 6) is 0.615. The summed E-state index contributed by atoms with van der Waals surface area (Å²) in [6.07, 6.45) is 10.8. The minimum atomic E-state index is -0.104. The minimum Gasteiger partial charge on any atom is -0.278 e. The second-order valence-corrected chi connectivity index (χ2v) is 8.66. The zero-order chi connectivity index (χ0) is 19.5. The van der Waals surface area contributed by atoms with E-state index >= 15 is 0 Å². The van der Waals surface area contributed by atoms with Crippen LogP contribution in [0.25, 0.3) is 0 Å². The molecular formula is C25H30N4. The van der Waals surface area contributed by atoms with Gasteiger partial charge in [-0.25, -0.2) is 0 Å². The highest BCUT2D eigenvalue weighted by Gasteiger charge is 2.49. The van der Waals surface area contributed by atoms with Gasteiger partial charge in [-0.15, -0.1) is 0 Å². The zero-order valence-corrected chi connectivity index (χ0v) is 17.1. The molecule has 3 aliphatic rings. The molecule has 2 aromatic carbocycles. The number of nitrogens with zero attached hydrogens (tertiary/aromatic N) is 3. The van der Waals surface area contributed by atoms with Gasteiger partial charge in [-0.05, 0) is 69.2 Å². The first-order valence-electron chi connectivity index (χ1n) is 11.2. The number of fused-ring (bicyclic) bond motifs is 1. The van der Waals surface area contributed by atoms with Crippen molar-refractivity contribution >= 4 is 22.8 Å². The molecule has 0 saturated heterocycles. The van der Waals surface area contributed by atoms with Crippen molar-refractivity contribution in [3.8, 4) is 0 Å². The maximum atomic E-state index is 5.30. The Bertz CT molecular complexity index is 890. The Hall–Kier alpha value is -2.62.